The van der Waals surface area contributed by atoms with Crippen molar-refractivity contribution in [3.8, 4) is 0 Å². The second kappa shape index (κ2) is 8.21. The lowest BCUT2D eigenvalue weighted by molar-refractivity contribution is 0.0578. The van der Waals surface area contributed by atoms with Crippen LogP contribution in [0.15, 0.2) is 30.3 Å². The van der Waals surface area contributed by atoms with E-state index in [1.165, 1.54) is 5.56 Å². The first kappa shape index (κ1) is 16.9. The van der Waals surface area contributed by atoms with Crippen molar-refractivity contribution >= 4 is 5.95 Å². The zero-order valence-corrected chi connectivity index (χ0v) is 14.5. The second-order valence-corrected chi connectivity index (χ2v) is 6.37. The lowest BCUT2D eigenvalue weighted by Gasteiger charge is -2.34. The molecule has 3 rings (SSSR count). The monoisotopic (exact) mass is 330 g/mol. The maximum absolute atomic E-state index is 5.64. The van der Waals surface area contributed by atoms with Crippen molar-refractivity contribution in [1.82, 2.24) is 25.1 Å². The molecule has 1 saturated heterocycles. The molecular formula is C17H26N6O. The van der Waals surface area contributed by atoms with Crippen LogP contribution < -0.4 is 4.90 Å². The van der Waals surface area contributed by atoms with E-state index >= 15 is 0 Å². The molecule has 1 aliphatic heterocycles. The third-order valence-corrected chi connectivity index (χ3v) is 4.20. The number of piperazine rings is 1. The standard InChI is InChI=1S/C17H26N6O/c1-15(2)24-13-12-21-8-10-22(11-9-21)17-18-19-20-23(17)14-16-6-4-3-5-7-16/h3-7,15H,8-14H2,1-2H3. The molecule has 0 aliphatic carbocycles. The molecule has 0 amide bonds. The molecule has 7 heteroatoms. The van der Waals surface area contributed by atoms with Gasteiger partial charge in [-0.2, -0.15) is 0 Å². The molecule has 1 aliphatic rings. The fourth-order valence-electron chi connectivity index (χ4n) is 2.87. The van der Waals surface area contributed by atoms with Crippen molar-refractivity contribution in [2.24, 2.45) is 0 Å². The van der Waals surface area contributed by atoms with Crippen molar-refractivity contribution in [3.63, 3.8) is 0 Å². The van der Waals surface area contributed by atoms with Gasteiger partial charge in [0.25, 0.3) is 0 Å². The number of ether oxygens (including phenoxy) is 1. The average Bonchev–Trinajstić information content (AvgIpc) is 3.04. The van der Waals surface area contributed by atoms with Crippen LogP contribution in [0, 0.1) is 0 Å². The number of rotatable bonds is 7. The highest BCUT2D eigenvalue weighted by atomic mass is 16.5. The quantitative estimate of drug-likeness (QED) is 0.762. The van der Waals surface area contributed by atoms with Gasteiger partial charge in [0, 0.05) is 32.7 Å². The number of tetrazole rings is 1. The number of nitrogens with zero attached hydrogens (tertiary/aromatic N) is 6. The lowest BCUT2D eigenvalue weighted by Crippen LogP contribution is -2.48. The molecule has 0 unspecified atom stereocenters. The number of hydrogen-bond acceptors (Lipinski definition) is 6. The van der Waals surface area contributed by atoms with Gasteiger partial charge in [0.15, 0.2) is 0 Å². The summed E-state index contributed by atoms with van der Waals surface area (Å²) in [7, 11) is 0. The summed E-state index contributed by atoms with van der Waals surface area (Å²) in [4.78, 5) is 4.70. The van der Waals surface area contributed by atoms with Gasteiger partial charge in [0.1, 0.15) is 0 Å². The van der Waals surface area contributed by atoms with Crippen LogP contribution in [0.1, 0.15) is 19.4 Å². The molecule has 2 aromatic rings. The third kappa shape index (κ3) is 4.52. The summed E-state index contributed by atoms with van der Waals surface area (Å²) in [6.07, 6.45) is 0.300. The first-order valence-electron chi connectivity index (χ1n) is 8.61. The normalized spacial score (nSPS) is 16.0. The van der Waals surface area contributed by atoms with Crippen LogP contribution in [0.3, 0.4) is 0 Å². The molecule has 0 N–H and O–H groups in total. The fraction of sp³-hybridized carbons (Fsp3) is 0.588. The van der Waals surface area contributed by atoms with E-state index in [0.717, 1.165) is 45.3 Å². The van der Waals surface area contributed by atoms with E-state index in [-0.39, 0.29) is 0 Å². The minimum atomic E-state index is 0.300. The van der Waals surface area contributed by atoms with Gasteiger partial charge in [0.05, 0.1) is 19.3 Å². The minimum absolute atomic E-state index is 0.300. The van der Waals surface area contributed by atoms with E-state index < -0.39 is 0 Å². The number of anilines is 1. The van der Waals surface area contributed by atoms with Crippen molar-refractivity contribution < 1.29 is 4.74 Å². The predicted molar refractivity (Wildman–Crippen MR) is 93.1 cm³/mol. The molecule has 0 spiro atoms. The molecule has 0 saturated carbocycles. The smallest absolute Gasteiger partial charge is 0.245 e. The zero-order chi connectivity index (χ0) is 16.8. The lowest BCUT2D eigenvalue weighted by atomic mass is 10.2. The van der Waals surface area contributed by atoms with Crippen LogP contribution in [0.25, 0.3) is 0 Å². The van der Waals surface area contributed by atoms with E-state index in [0.29, 0.717) is 12.6 Å². The van der Waals surface area contributed by atoms with Crippen LogP contribution in [0.4, 0.5) is 5.95 Å². The fourth-order valence-corrected chi connectivity index (χ4v) is 2.87. The molecule has 1 aromatic carbocycles. The van der Waals surface area contributed by atoms with Crippen molar-refractivity contribution in [2.75, 3.05) is 44.2 Å². The number of aromatic nitrogens is 4. The Hall–Kier alpha value is -1.99. The molecule has 7 nitrogen and oxygen atoms in total. The Kier molecular flexibility index (Phi) is 5.77. The Morgan fingerprint density at radius 3 is 2.54 bits per heavy atom. The molecule has 0 radical (unpaired) electrons. The van der Waals surface area contributed by atoms with E-state index in [1.807, 2.05) is 22.9 Å². The predicted octanol–water partition coefficient (Wildman–Crippen LogP) is 1.27. The summed E-state index contributed by atoms with van der Waals surface area (Å²) in [6.45, 7) is 10.5. The highest BCUT2D eigenvalue weighted by molar-refractivity contribution is 5.30. The van der Waals surface area contributed by atoms with Gasteiger partial charge in [-0.05, 0) is 29.8 Å². The first-order chi connectivity index (χ1) is 11.7. The van der Waals surface area contributed by atoms with Crippen molar-refractivity contribution in [3.05, 3.63) is 35.9 Å². The number of hydrogen-bond donors (Lipinski definition) is 0. The van der Waals surface area contributed by atoms with Crippen LogP contribution in [-0.2, 0) is 11.3 Å². The molecule has 130 valence electrons. The molecule has 24 heavy (non-hydrogen) atoms. The van der Waals surface area contributed by atoms with Crippen molar-refractivity contribution in [2.45, 2.75) is 26.5 Å². The number of benzene rings is 1. The van der Waals surface area contributed by atoms with Crippen LogP contribution in [-0.4, -0.2) is 70.5 Å². The van der Waals surface area contributed by atoms with E-state index in [2.05, 4.69) is 51.3 Å². The largest absolute Gasteiger partial charge is 0.377 e. The van der Waals surface area contributed by atoms with E-state index in [4.69, 9.17) is 4.74 Å². The van der Waals surface area contributed by atoms with Gasteiger partial charge in [-0.1, -0.05) is 35.4 Å². The highest BCUT2D eigenvalue weighted by Gasteiger charge is 2.21. The molecule has 1 aromatic heterocycles. The Balaban J connectivity index is 1.53. The van der Waals surface area contributed by atoms with Gasteiger partial charge >= 0.3 is 0 Å². The first-order valence-corrected chi connectivity index (χ1v) is 8.61. The van der Waals surface area contributed by atoms with Gasteiger partial charge in [-0.3, -0.25) is 4.90 Å². The summed E-state index contributed by atoms with van der Waals surface area (Å²) in [5.74, 6) is 0.858. The molecule has 2 heterocycles. The Morgan fingerprint density at radius 2 is 1.83 bits per heavy atom. The van der Waals surface area contributed by atoms with Gasteiger partial charge in [-0.25, -0.2) is 4.68 Å². The Bertz CT molecular complexity index is 607. The summed E-state index contributed by atoms with van der Waals surface area (Å²) < 4.78 is 7.52. The summed E-state index contributed by atoms with van der Waals surface area (Å²) in [6, 6.07) is 10.3. The Morgan fingerprint density at radius 1 is 1.08 bits per heavy atom. The average molecular weight is 330 g/mol. The van der Waals surface area contributed by atoms with E-state index in [9.17, 15) is 0 Å². The topological polar surface area (TPSA) is 59.3 Å². The molecule has 0 bridgehead atoms. The highest BCUT2D eigenvalue weighted by Crippen LogP contribution is 2.14. The molecule has 1 fully saturated rings. The van der Waals surface area contributed by atoms with Gasteiger partial charge < -0.3 is 9.64 Å². The minimum Gasteiger partial charge on any atom is -0.377 e. The summed E-state index contributed by atoms with van der Waals surface area (Å²) >= 11 is 0. The van der Waals surface area contributed by atoms with Gasteiger partial charge in [-0.15, -0.1) is 0 Å². The maximum atomic E-state index is 5.64. The van der Waals surface area contributed by atoms with Crippen LogP contribution >= 0.6 is 0 Å². The SMILES string of the molecule is CC(C)OCCN1CCN(c2nnnn2Cc2ccccc2)CC1. The van der Waals surface area contributed by atoms with Gasteiger partial charge in [0.2, 0.25) is 5.95 Å². The van der Waals surface area contributed by atoms with E-state index in [1.54, 1.807) is 0 Å². The van der Waals surface area contributed by atoms with Crippen LogP contribution in [0.5, 0.6) is 0 Å². The summed E-state index contributed by atoms with van der Waals surface area (Å²) in [5.41, 5.74) is 1.20. The zero-order valence-electron chi connectivity index (χ0n) is 14.5. The maximum Gasteiger partial charge on any atom is 0.245 e. The Labute approximate surface area is 143 Å². The second-order valence-electron chi connectivity index (χ2n) is 6.37. The third-order valence-electron chi connectivity index (χ3n) is 4.20. The molecule has 0 atom stereocenters. The van der Waals surface area contributed by atoms with Crippen molar-refractivity contribution in [1.29, 1.82) is 0 Å². The molecular weight excluding hydrogens is 304 g/mol. The van der Waals surface area contributed by atoms with Crippen LogP contribution in [0.2, 0.25) is 0 Å². The summed E-state index contributed by atoms with van der Waals surface area (Å²) in [5, 5.41) is 12.3.